The first-order valence-electron chi connectivity index (χ1n) is 8.21. The van der Waals surface area contributed by atoms with Crippen molar-refractivity contribution < 1.29 is 26.7 Å². The number of halogens is 2. The summed E-state index contributed by atoms with van der Waals surface area (Å²) in [7, 11) is -2.63. The fraction of sp³-hybridized carbons (Fsp3) is 0.0556. The van der Waals surface area contributed by atoms with Gasteiger partial charge >= 0.3 is 0 Å². The van der Waals surface area contributed by atoms with Crippen molar-refractivity contribution in [2.24, 2.45) is 5.14 Å². The zero-order chi connectivity index (χ0) is 22.1. The molecule has 0 fully saturated rings. The van der Waals surface area contributed by atoms with Gasteiger partial charge in [0.1, 0.15) is 17.1 Å². The molecule has 0 aliphatic carbocycles. The van der Waals surface area contributed by atoms with E-state index in [0.29, 0.717) is 5.69 Å². The summed E-state index contributed by atoms with van der Waals surface area (Å²) in [5.74, 6) is -4.03. The lowest BCUT2D eigenvalue weighted by molar-refractivity contribution is 0.103. The minimum Gasteiger partial charge on any atom is -0.496 e. The number of carbonyl (C=O) groups excluding carboxylic acids is 1. The molecule has 0 spiro atoms. The van der Waals surface area contributed by atoms with E-state index in [9.17, 15) is 22.0 Å². The van der Waals surface area contributed by atoms with Crippen molar-refractivity contribution in [2.75, 3.05) is 18.2 Å². The Morgan fingerprint density at radius 1 is 1.13 bits per heavy atom. The molecule has 0 saturated carbocycles. The standard InChI is InChI=1S/C18H15F2N5O4S/c1-29-13-7-6-12(19)15(20)14(13)16(26)11-8-23-18(25-17(11)21)24-9-2-4-10(5-3-9)30(22,27)28/h2-8H,1H3,(H2,22,27,28)(H3,21,23,24,25). The van der Waals surface area contributed by atoms with Crippen LogP contribution in [0.25, 0.3) is 0 Å². The van der Waals surface area contributed by atoms with Gasteiger partial charge in [-0.05, 0) is 36.4 Å². The van der Waals surface area contributed by atoms with E-state index in [4.69, 9.17) is 15.6 Å². The summed E-state index contributed by atoms with van der Waals surface area (Å²) in [6.07, 6.45) is 1.05. The topological polar surface area (TPSA) is 150 Å². The molecule has 0 aliphatic heterocycles. The van der Waals surface area contributed by atoms with Crippen molar-refractivity contribution in [1.82, 2.24) is 9.97 Å². The third kappa shape index (κ3) is 4.18. The highest BCUT2D eigenvalue weighted by Crippen LogP contribution is 2.28. The van der Waals surface area contributed by atoms with Crippen LogP contribution in [0.15, 0.2) is 47.5 Å². The summed E-state index contributed by atoms with van der Waals surface area (Å²) in [6, 6.07) is 7.34. The van der Waals surface area contributed by atoms with Crippen molar-refractivity contribution in [3.63, 3.8) is 0 Å². The molecular formula is C18H15F2N5O4S. The van der Waals surface area contributed by atoms with Crippen LogP contribution >= 0.6 is 0 Å². The number of aromatic nitrogens is 2. The number of nitrogens with two attached hydrogens (primary N) is 2. The zero-order valence-electron chi connectivity index (χ0n) is 15.4. The number of ketones is 1. The molecule has 0 amide bonds. The smallest absolute Gasteiger partial charge is 0.238 e. The molecule has 0 radical (unpaired) electrons. The van der Waals surface area contributed by atoms with Gasteiger partial charge in [-0.3, -0.25) is 4.79 Å². The fourth-order valence-corrected chi connectivity index (χ4v) is 3.05. The lowest BCUT2D eigenvalue weighted by Crippen LogP contribution is -2.13. The molecular weight excluding hydrogens is 420 g/mol. The van der Waals surface area contributed by atoms with Crippen LogP contribution in [-0.2, 0) is 10.0 Å². The Balaban J connectivity index is 1.89. The van der Waals surface area contributed by atoms with Gasteiger partial charge in [-0.1, -0.05) is 0 Å². The van der Waals surface area contributed by atoms with Gasteiger partial charge < -0.3 is 15.8 Å². The molecule has 0 bridgehead atoms. The molecule has 156 valence electrons. The predicted molar refractivity (Wildman–Crippen MR) is 104 cm³/mol. The molecule has 5 N–H and O–H groups in total. The molecule has 0 aliphatic rings. The van der Waals surface area contributed by atoms with Gasteiger partial charge in [0.05, 0.1) is 17.6 Å². The third-order valence-electron chi connectivity index (χ3n) is 4.01. The average molecular weight is 435 g/mol. The van der Waals surface area contributed by atoms with Crippen LogP contribution < -0.4 is 20.9 Å². The average Bonchev–Trinajstić information content (AvgIpc) is 2.69. The van der Waals surface area contributed by atoms with Gasteiger partial charge in [0.15, 0.2) is 11.6 Å². The SMILES string of the molecule is COc1ccc(F)c(F)c1C(=O)c1cnc(Nc2ccc(S(N)(=O)=O)cc2)nc1N. The van der Waals surface area contributed by atoms with Crippen LogP contribution in [0, 0.1) is 11.6 Å². The first-order valence-corrected chi connectivity index (χ1v) is 9.75. The Morgan fingerprint density at radius 3 is 2.37 bits per heavy atom. The van der Waals surface area contributed by atoms with Crippen molar-refractivity contribution in [2.45, 2.75) is 4.90 Å². The van der Waals surface area contributed by atoms with E-state index in [1.54, 1.807) is 0 Å². The van der Waals surface area contributed by atoms with Gasteiger partial charge in [0.2, 0.25) is 21.8 Å². The Hall–Kier alpha value is -3.64. The molecule has 1 heterocycles. The number of hydrogen-bond acceptors (Lipinski definition) is 8. The fourth-order valence-electron chi connectivity index (χ4n) is 2.54. The van der Waals surface area contributed by atoms with Gasteiger partial charge in [-0.25, -0.2) is 27.3 Å². The summed E-state index contributed by atoms with van der Waals surface area (Å²) in [5.41, 5.74) is 5.34. The van der Waals surface area contributed by atoms with Gasteiger partial charge in [0, 0.05) is 11.9 Å². The summed E-state index contributed by atoms with van der Waals surface area (Å²) < 4.78 is 55.2. The number of primary sulfonamides is 1. The van der Waals surface area contributed by atoms with Gasteiger partial charge in [0.25, 0.3) is 0 Å². The molecule has 3 rings (SSSR count). The second-order valence-corrected chi connectivity index (χ2v) is 7.52. The normalized spacial score (nSPS) is 11.2. The van der Waals surface area contributed by atoms with Crippen LogP contribution in [0.3, 0.4) is 0 Å². The van der Waals surface area contributed by atoms with Crippen LogP contribution in [-0.4, -0.2) is 31.3 Å². The number of hydrogen-bond donors (Lipinski definition) is 3. The van der Waals surface area contributed by atoms with Crippen LogP contribution in [0.5, 0.6) is 5.75 Å². The molecule has 0 atom stereocenters. The maximum absolute atomic E-state index is 14.2. The Morgan fingerprint density at radius 2 is 1.80 bits per heavy atom. The van der Waals surface area contributed by atoms with Crippen molar-refractivity contribution in [3.8, 4) is 5.75 Å². The number of carbonyl (C=O) groups is 1. The number of benzene rings is 2. The van der Waals surface area contributed by atoms with Crippen LogP contribution in [0.4, 0.5) is 26.2 Å². The van der Waals surface area contributed by atoms with Crippen molar-refractivity contribution >= 4 is 33.3 Å². The number of rotatable bonds is 6. The Kier molecular flexibility index (Phi) is 5.62. The van der Waals surface area contributed by atoms with Crippen molar-refractivity contribution in [1.29, 1.82) is 0 Å². The van der Waals surface area contributed by atoms with Crippen LogP contribution in [0.2, 0.25) is 0 Å². The van der Waals surface area contributed by atoms with E-state index >= 15 is 0 Å². The maximum Gasteiger partial charge on any atom is 0.238 e. The first-order chi connectivity index (χ1) is 14.1. The van der Waals surface area contributed by atoms with Gasteiger partial charge in [-0.2, -0.15) is 4.98 Å². The lowest BCUT2D eigenvalue weighted by Gasteiger charge is -2.11. The third-order valence-corrected chi connectivity index (χ3v) is 4.93. The summed E-state index contributed by atoms with van der Waals surface area (Å²) in [5, 5.41) is 7.80. The number of anilines is 3. The van der Waals surface area contributed by atoms with E-state index in [-0.39, 0.29) is 28.0 Å². The predicted octanol–water partition coefficient (Wildman–Crippen LogP) is 1.97. The highest BCUT2D eigenvalue weighted by Gasteiger charge is 2.25. The number of nitrogens with one attached hydrogen (secondary N) is 1. The number of ether oxygens (including phenoxy) is 1. The summed E-state index contributed by atoms with van der Waals surface area (Å²) in [6.45, 7) is 0. The van der Waals surface area contributed by atoms with E-state index < -0.39 is 33.0 Å². The number of nitrogen functional groups attached to an aromatic ring is 1. The highest BCUT2D eigenvalue weighted by molar-refractivity contribution is 7.89. The van der Waals surface area contributed by atoms with E-state index in [0.717, 1.165) is 18.3 Å². The number of nitrogens with zero attached hydrogens (tertiary/aromatic N) is 2. The molecule has 12 heteroatoms. The first kappa shape index (κ1) is 21.1. The monoisotopic (exact) mass is 435 g/mol. The van der Waals surface area contributed by atoms with E-state index in [1.165, 1.54) is 31.4 Å². The van der Waals surface area contributed by atoms with E-state index in [1.807, 2.05) is 0 Å². The zero-order valence-corrected chi connectivity index (χ0v) is 16.2. The lowest BCUT2D eigenvalue weighted by atomic mass is 10.0. The summed E-state index contributed by atoms with van der Waals surface area (Å²) in [4.78, 5) is 20.5. The second kappa shape index (κ2) is 8.00. The molecule has 0 saturated heterocycles. The largest absolute Gasteiger partial charge is 0.496 e. The van der Waals surface area contributed by atoms with Gasteiger partial charge in [-0.15, -0.1) is 0 Å². The maximum atomic E-state index is 14.2. The molecule has 2 aromatic carbocycles. The number of sulfonamides is 1. The molecule has 1 aromatic heterocycles. The Labute approximate surface area is 169 Å². The minimum absolute atomic E-state index is 0.0147. The Bertz CT molecular complexity index is 1230. The van der Waals surface area contributed by atoms with E-state index in [2.05, 4.69) is 15.3 Å². The quantitative estimate of drug-likeness (QED) is 0.497. The van der Waals surface area contributed by atoms with Crippen LogP contribution in [0.1, 0.15) is 15.9 Å². The second-order valence-electron chi connectivity index (χ2n) is 5.95. The molecule has 9 nitrogen and oxygen atoms in total. The van der Waals surface area contributed by atoms with Crippen molar-refractivity contribution in [3.05, 3.63) is 65.4 Å². The molecule has 30 heavy (non-hydrogen) atoms. The summed E-state index contributed by atoms with van der Waals surface area (Å²) >= 11 is 0. The highest BCUT2D eigenvalue weighted by atomic mass is 32.2. The minimum atomic E-state index is -3.84. The molecule has 3 aromatic rings. The number of methoxy groups -OCH3 is 1. The molecule has 0 unspecified atom stereocenters.